The fourth-order valence-corrected chi connectivity index (χ4v) is 2.92. The van der Waals surface area contributed by atoms with Crippen LogP contribution in [0.15, 0.2) is 30.3 Å². The maximum Gasteiger partial charge on any atom is 0.329 e. The number of carbonyl (C=O) groups is 1. The second kappa shape index (κ2) is 7.14. The first kappa shape index (κ1) is 17.1. The van der Waals surface area contributed by atoms with E-state index >= 15 is 0 Å². The van der Waals surface area contributed by atoms with E-state index in [1.807, 2.05) is 37.3 Å². The molecule has 20 heavy (non-hydrogen) atoms. The normalized spacial score (nSPS) is 14.8. The maximum atomic E-state index is 12.0. The van der Waals surface area contributed by atoms with Gasteiger partial charge in [-0.2, -0.15) is 11.8 Å². The van der Waals surface area contributed by atoms with E-state index in [-0.39, 0.29) is 4.75 Å². The van der Waals surface area contributed by atoms with Crippen molar-refractivity contribution in [1.29, 1.82) is 0 Å². The molecule has 1 unspecified atom stereocenters. The Morgan fingerprint density at radius 3 is 2.30 bits per heavy atom. The molecule has 0 saturated heterocycles. The third kappa shape index (κ3) is 4.53. The van der Waals surface area contributed by atoms with Crippen molar-refractivity contribution in [1.82, 2.24) is 5.32 Å². The number of aliphatic carboxylic acids is 1. The van der Waals surface area contributed by atoms with Gasteiger partial charge in [-0.3, -0.25) is 5.32 Å². The molecule has 1 rings (SSSR count). The van der Waals surface area contributed by atoms with Gasteiger partial charge in [0.1, 0.15) is 0 Å². The summed E-state index contributed by atoms with van der Waals surface area (Å²) in [5.74, 6) is -0.301. The minimum Gasteiger partial charge on any atom is -0.480 e. The first-order chi connectivity index (χ1) is 9.32. The SMILES string of the molecule is CCCNC(CSC(C)(C)C)(C(=O)O)c1ccccc1. The van der Waals surface area contributed by atoms with Gasteiger partial charge >= 0.3 is 5.97 Å². The summed E-state index contributed by atoms with van der Waals surface area (Å²) < 4.78 is 0.0311. The lowest BCUT2D eigenvalue weighted by Crippen LogP contribution is -2.52. The number of benzene rings is 1. The van der Waals surface area contributed by atoms with Crippen LogP contribution in [0.5, 0.6) is 0 Å². The Bertz CT molecular complexity index is 428. The van der Waals surface area contributed by atoms with Gasteiger partial charge in [0.2, 0.25) is 0 Å². The number of nitrogens with one attached hydrogen (secondary N) is 1. The van der Waals surface area contributed by atoms with Crippen LogP contribution in [0.2, 0.25) is 0 Å². The maximum absolute atomic E-state index is 12.0. The van der Waals surface area contributed by atoms with E-state index in [1.54, 1.807) is 11.8 Å². The first-order valence-electron chi connectivity index (χ1n) is 7.00. The van der Waals surface area contributed by atoms with Crippen molar-refractivity contribution in [2.75, 3.05) is 12.3 Å². The summed E-state index contributed by atoms with van der Waals surface area (Å²) in [4.78, 5) is 12.0. The van der Waals surface area contributed by atoms with Crippen LogP contribution in [0.1, 0.15) is 39.7 Å². The van der Waals surface area contributed by atoms with Gasteiger partial charge in [-0.25, -0.2) is 4.79 Å². The van der Waals surface area contributed by atoms with Crippen LogP contribution >= 0.6 is 11.8 Å². The number of rotatable bonds is 7. The van der Waals surface area contributed by atoms with E-state index in [9.17, 15) is 9.90 Å². The molecular formula is C16H25NO2S. The molecule has 1 aromatic carbocycles. The second-order valence-electron chi connectivity index (χ2n) is 5.90. The van der Waals surface area contributed by atoms with Crippen molar-refractivity contribution in [3.63, 3.8) is 0 Å². The molecule has 0 spiro atoms. The van der Waals surface area contributed by atoms with Gasteiger partial charge in [0, 0.05) is 10.5 Å². The van der Waals surface area contributed by atoms with Gasteiger partial charge in [-0.1, -0.05) is 58.0 Å². The summed E-state index contributed by atoms with van der Waals surface area (Å²) in [6.07, 6.45) is 0.905. The molecule has 4 heteroatoms. The van der Waals surface area contributed by atoms with Crippen LogP contribution in [0.25, 0.3) is 0 Å². The average Bonchev–Trinajstić information content (AvgIpc) is 2.39. The zero-order chi connectivity index (χ0) is 15.2. The predicted octanol–water partition coefficient (Wildman–Crippen LogP) is 3.50. The summed E-state index contributed by atoms with van der Waals surface area (Å²) in [6, 6.07) is 9.47. The van der Waals surface area contributed by atoms with E-state index in [2.05, 4.69) is 26.1 Å². The lowest BCUT2D eigenvalue weighted by atomic mass is 9.91. The van der Waals surface area contributed by atoms with E-state index < -0.39 is 11.5 Å². The molecule has 0 aromatic heterocycles. The van der Waals surface area contributed by atoms with Crippen molar-refractivity contribution < 1.29 is 9.90 Å². The summed E-state index contributed by atoms with van der Waals surface area (Å²) in [7, 11) is 0. The van der Waals surface area contributed by atoms with E-state index in [0.717, 1.165) is 12.0 Å². The molecule has 2 N–H and O–H groups in total. The Morgan fingerprint density at radius 2 is 1.85 bits per heavy atom. The van der Waals surface area contributed by atoms with Crippen LogP contribution in [0.4, 0.5) is 0 Å². The molecular weight excluding hydrogens is 270 g/mol. The van der Waals surface area contributed by atoms with Gasteiger partial charge in [0.25, 0.3) is 0 Å². The third-order valence-corrected chi connectivity index (χ3v) is 4.47. The van der Waals surface area contributed by atoms with E-state index in [4.69, 9.17) is 0 Å². The van der Waals surface area contributed by atoms with Crippen LogP contribution in [-0.2, 0) is 10.3 Å². The van der Waals surface area contributed by atoms with E-state index in [1.165, 1.54) is 0 Å². The average molecular weight is 295 g/mol. The zero-order valence-electron chi connectivity index (χ0n) is 12.8. The molecule has 3 nitrogen and oxygen atoms in total. The van der Waals surface area contributed by atoms with Gasteiger partial charge < -0.3 is 5.11 Å². The number of hydrogen-bond acceptors (Lipinski definition) is 3. The Kier molecular flexibility index (Phi) is 6.08. The molecule has 0 aliphatic carbocycles. The number of thioether (sulfide) groups is 1. The molecule has 0 amide bonds. The van der Waals surface area contributed by atoms with Crippen LogP contribution in [-0.4, -0.2) is 28.1 Å². The summed E-state index contributed by atoms with van der Waals surface area (Å²) in [6.45, 7) is 9.05. The van der Waals surface area contributed by atoms with Gasteiger partial charge in [-0.15, -0.1) is 0 Å². The van der Waals surface area contributed by atoms with Crippen LogP contribution in [0, 0.1) is 0 Å². The zero-order valence-corrected chi connectivity index (χ0v) is 13.6. The topological polar surface area (TPSA) is 49.3 Å². The molecule has 1 aromatic rings. The quantitative estimate of drug-likeness (QED) is 0.808. The molecule has 0 heterocycles. The largest absolute Gasteiger partial charge is 0.480 e. The first-order valence-corrected chi connectivity index (χ1v) is 7.98. The van der Waals surface area contributed by atoms with Crippen molar-refractivity contribution in [2.24, 2.45) is 0 Å². The highest BCUT2D eigenvalue weighted by Gasteiger charge is 2.40. The summed E-state index contributed by atoms with van der Waals surface area (Å²) in [5, 5.41) is 13.1. The molecule has 1 atom stereocenters. The minimum atomic E-state index is -1.02. The smallest absolute Gasteiger partial charge is 0.329 e. The number of hydrogen-bond donors (Lipinski definition) is 2. The fourth-order valence-electron chi connectivity index (χ4n) is 1.88. The molecule has 0 radical (unpaired) electrons. The van der Waals surface area contributed by atoms with Crippen molar-refractivity contribution >= 4 is 17.7 Å². The highest BCUT2D eigenvalue weighted by molar-refractivity contribution is 8.00. The highest BCUT2D eigenvalue weighted by Crippen LogP contribution is 2.32. The lowest BCUT2D eigenvalue weighted by molar-refractivity contribution is -0.144. The Balaban J connectivity index is 3.11. The molecule has 0 saturated carbocycles. The third-order valence-electron chi connectivity index (χ3n) is 3.03. The minimum absolute atomic E-state index is 0.0311. The molecule has 0 aliphatic heterocycles. The lowest BCUT2D eigenvalue weighted by Gasteiger charge is -2.33. The predicted molar refractivity (Wildman–Crippen MR) is 86.3 cm³/mol. The highest BCUT2D eigenvalue weighted by atomic mass is 32.2. The Labute approximate surface area is 126 Å². The molecule has 0 aliphatic rings. The summed E-state index contributed by atoms with van der Waals surface area (Å²) >= 11 is 1.67. The fraction of sp³-hybridized carbons (Fsp3) is 0.562. The van der Waals surface area contributed by atoms with Gasteiger partial charge in [0.05, 0.1) is 0 Å². The van der Waals surface area contributed by atoms with Crippen molar-refractivity contribution in [2.45, 2.75) is 44.4 Å². The van der Waals surface area contributed by atoms with E-state index in [0.29, 0.717) is 12.3 Å². The number of carboxylic acids is 1. The van der Waals surface area contributed by atoms with Crippen LogP contribution in [0.3, 0.4) is 0 Å². The summed E-state index contributed by atoms with van der Waals surface area (Å²) in [5.41, 5.74) is -0.201. The molecule has 0 fully saturated rings. The monoisotopic (exact) mass is 295 g/mol. The standard InChI is InChI=1S/C16H25NO2S/c1-5-11-17-16(14(18)19,12-20-15(2,3)4)13-9-7-6-8-10-13/h6-10,17H,5,11-12H2,1-4H3,(H,18,19). The van der Waals surface area contributed by atoms with Crippen molar-refractivity contribution in [3.8, 4) is 0 Å². The molecule has 112 valence electrons. The van der Waals surface area contributed by atoms with Crippen LogP contribution < -0.4 is 5.32 Å². The Morgan fingerprint density at radius 1 is 1.25 bits per heavy atom. The number of carboxylic acid groups (broad SMARTS) is 1. The van der Waals surface area contributed by atoms with Gasteiger partial charge in [-0.05, 0) is 18.5 Å². The molecule has 0 bridgehead atoms. The Hall–Kier alpha value is -1.00. The van der Waals surface area contributed by atoms with Crippen molar-refractivity contribution in [3.05, 3.63) is 35.9 Å². The second-order valence-corrected chi connectivity index (χ2v) is 7.71. The van der Waals surface area contributed by atoms with Gasteiger partial charge in [0.15, 0.2) is 5.54 Å².